The Labute approximate surface area is 160 Å². The van der Waals surface area contributed by atoms with Gasteiger partial charge in [0.2, 0.25) is 0 Å². The number of rotatable bonds is 10. The number of primary amides is 1. The molecule has 1 heterocycles. The number of ether oxygens (including phenoxy) is 1. The monoisotopic (exact) mass is 452 g/mol. The number of nitrogens with one attached hydrogen (secondary N) is 2. The van der Waals surface area contributed by atoms with E-state index in [1.165, 1.54) is 0 Å². The van der Waals surface area contributed by atoms with E-state index in [2.05, 4.69) is 29.5 Å². The van der Waals surface area contributed by atoms with Crippen LogP contribution in [0.5, 0.6) is 0 Å². The summed E-state index contributed by atoms with van der Waals surface area (Å²) in [4.78, 5) is 15.4. The Morgan fingerprint density at radius 3 is 2.71 bits per heavy atom. The zero-order valence-electron chi connectivity index (χ0n) is 14.6. The van der Waals surface area contributed by atoms with Crippen molar-refractivity contribution in [2.75, 3.05) is 26.3 Å². The Balaban J connectivity index is 0.00000529. The third-order valence-corrected chi connectivity index (χ3v) is 2.85. The summed E-state index contributed by atoms with van der Waals surface area (Å²) in [6, 6.07) is 3.26. The predicted molar refractivity (Wildman–Crippen MR) is 106 cm³/mol. The van der Waals surface area contributed by atoms with Crippen LogP contribution in [0.25, 0.3) is 0 Å². The topological polar surface area (TPSA) is 102 Å². The summed E-state index contributed by atoms with van der Waals surface area (Å²) in [5.74, 6) is 1.42. The molecule has 0 aliphatic rings. The molecular formula is C16H29IN4O3. The lowest BCUT2D eigenvalue weighted by Crippen LogP contribution is -2.38. The van der Waals surface area contributed by atoms with Gasteiger partial charge in [-0.05, 0) is 31.4 Å². The molecule has 0 saturated carbocycles. The molecule has 24 heavy (non-hydrogen) atoms. The maximum atomic E-state index is 11.0. The Kier molecular flexibility index (Phi) is 12.4. The molecule has 0 radical (unpaired) electrons. The first kappa shape index (κ1) is 22.7. The third-order valence-electron chi connectivity index (χ3n) is 2.85. The van der Waals surface area contributed by atoms with Gasteiger partial charge in [-0.25, -0.2) is 4.99 Å². The van der Waals surface area contributed by atoms with E-state index in [0.717, 1.165) is 32.7 Å². The van der Waals surface area contributed by atoms with Crippen LogP contribution in [0.1, 0.15) is 43.5 Å². The second kappa shape index (κ2) is 13.1. The summed E-state index contributed by atoms with van der Waals surface area (Å²) >= 11 is 0. The largest absolute Gasteiger partial charge is 0.454 e. The molecule has 0 fully saturated rings. The number of guanidine groups is 1. The highest BCUT2D eigenvalue weighted by Gasteiger charge is 2.06. The van der Waals surface area contributed by atoms with Crippen molar-refractivity contribution >= 4 is 35.8 Å². The second-order valence-corrected chi connectivity index (χ2v) is 5.57. The normalized spacial score (nSPS) is 11.2. The molecule has 1 amide bonds. The minimum absolute atomic E-state index is 0. The average Bonchev–Trinajstić information content (AvgIpc) is 2.97. The van der Waals surface area contributed by atoms with E-state index < -0.39 is 5.91 Å². The molecular weight excluding hydrogens is 423 g/mol. The highest BCUT2D eigenvalue weighted by Crippen LogP contribution is 2.08. The SMILES string of the molecule is CCNC(=NCc1ccc(C(N)=O)o1)NCCCOCC(C)C.I. The van der Waals surface area contributed by atoms with Gasteiger partial charge in [0.1, 0.15) is 12.3 Å². The fourth-order valence-corrected chi connectivity index (χ4v) is 1.79. The summed E-state index contributed by atoms with van der Waals surface area (Å²) in [7, 11) is 0. The van der Waals surface area contributed by atoms with E-state index in [1.54, 1.807) is 12.1 Å². The smallest absolute Gasteiger partial charge is 0.284 e. The van der Waals surface area contributed by atoms with Crippen LogP contribution in [0.3, 0.4) is 0 Å². The van der Waals surface area contributed by atoms with Gasteiger partial charge in [0.15, 0.2) is 11.7 Å². The lowest BCUT2D eigenvalue weighted by molar-refractivity contribution is 0.0972. The standard InChI is InChI=1S/C16H28N4O3.HI/c1-4-18-16(19-8-5-9-22-11-12(2)3)20-10-13-6-7-14(23-13)15(17)21;/h6-7,12H,4-5,8-11H2,1-3H3,(H2,17,21)(H2,18,19,20);1H. The van der Waals surface area contributed by atoms with Crippen LogP contribution < -0.4 is 16.4 Å². The number of carbonyl (C=O) groups excluding carboxylic acids is 1. The number of hydrogen-bond donors (Lipinski definition) is 3. The summed E-state index contributed by atoms with van der Waals surface area (Å²) < 4.78 is 10.8. The molecule has 4 N–H and O–H groups in total. The van der Waals surface area contributed by atoms with Gasteiger partial charge in [-0.1, -0.05) is 13.8 Å². The minimum Gasteiger partial charge on any atom is -0.454 e. The maximum absolute atomic E-state index is 11.0. The minimum atomic E-state index is -0.577. The first-order chi connectivity index (χ1) is 11.0. The van der Waals surface area contributed by atoms with Crippen LogP contribution >= 0.6 is 24.0 Å². The number of carbonyl (C=O) groups is 1. The third kappa shape index (κ3) is 9.76. The number of amides is 1. The van der Waals surface area contributed by atoms with Gasteiger partial charge < -0.3 is 25.5 Å². The molecule has 0 aliphatic carbocycles. The molecule has 138 valence electrons. The van der Waals surface area contributed by atoms with Crippen molar-refractivity contribution in [2.24, 2.45) is 16.6 Å². The molecule has 1 rings (SSSR count). The number of nitrogens with two attached hydrogens (primary N) is 1. The quantitative estimate of drug-likeness (QED) is 0.219. The number of hydrogen-bond acceptors (Lipinski definition) is 4. The fourth-order valence-electron chi connectivity index (χ4n) is 1.79. The van der Waals surface area contributed by atoms with Gasteiger partial charge in [0.05, 0.1) is 0 Å². The Morgan fingerprint density at radius 1 is 1.38 bits per heavy atom. The number of furan rings is 1. The van der Waals surface area contributed by atoms with Crippen molar-refractivity contribution < 1.29 is 13.9 Å². The zero-order valence-corrected chi connectivity index (χ0v) is 17.0. The van der Waals surface area contributed by atoms with E-state index in [1.807, 2.05) is 6.92 Å². The molecule has 0 atom stereocenters. The Morgan fingerprint density at radius 2 is 2.12 bits per heavy atom. The van der Waals surface area contributed by atoms with Crippen molar-refractivity contribution in [2.45, 2.75) is 33.7 Å². The van der Waals surface area contributed by atoms with Gasteiger partial charge in [0, 0.05) is 26.3 Å². The first-order valence-corrected chi connectivity index (χ1v) is 8.01. The second-order valence-electron chi connectivity index (χ2n) is 5.57. The number of halogens is 1. The summed E-state index contributed by atoms with van der Waals surface area (Å²) in [5.41, 5.74) is 5.15. The van der Waals surface area contributed by atoms with Crippen LogP contribution in [0.15, 0.2) is 21.5 Å². The molecule has 0 aliphatic heterocycles. The van der Waals surface area contributed by atoms with Crippen LogP contribution in [-0.4, -0.2) is 38.2 Å². The number of nitrogens with zero attached hydrogens (tertiary/aromatic N) is 1. The molecule has 0 saturated heterocycles. The maximum Gasteiger partial charge on any atom is 0.284 e. The fraction of sp³-hybridized carbons (Fsp3) is 0.625. The molecule has 0 spiro atoms. The van der Waals surface area contributed by atoms with Crippen LogP contribution in [-0.2, 0) is 11.3 Å². The Bertz CT molecular complexity index is 503. The van der Waals surface area contributed by atoms with E-state index >= 15 is 0 Å². The molecule has 0 aromatic carbocycles. The zero-order chi connectivity index (χ0) is 17.1. The molecule has 1 aromatic rings. The predicted octanol–water partition coefficient (Wildman–Crippen LogP) is 2.11. The van der Waals surface area contributed by atoms with Gasteiger partial charge in [0.25, 0.3) is 5.91 Å². The lowest BCUT2D eigenvalue weighted by atomic mass is 10.2. The molecule has 1 aromatic heterocycles. The summed E-state index contributed by atoms with van der Waals surface area (Å²) in [6.45, 7) is 9.65. The van der Waals surface area contributed by atoms with Crippen LogP contribution in [0.4, 0.5) is 0 Å². The first-order valence-electron chi connectivity index (χ1n) is 8.01. The van der Waals surface area contributed by atoms with Gasteiger partial charge in [-0.15, -0.1) is 24.0 Å². The van der Waals surface area contributed by atoms with Crippen molar-refractivity contribution in [1.29, 1.82) is 0 Å². The van der Waals surface area contributed by atoms with Crippen molar-refractivity contribution in [3.8, 4) is 0 Å². The van der Waals surface area contributed by atoms with Crippen molar-refractivity contribution in [3.05, 3.63) is 23.7 Å². The molecule has 7 nitrogen and oxygen atoms in total. The van der Waals surface area contributed by atoms with E-state index in [-0.39, 0.29) is 29.7 Å². The molecule has 0 unspecified atom stereocenters. The van der Waals surface area contributed by atoms with E-state index in [4.69, 9.17) is 14.9 Å². The summed E-state index contributed by atoms with van der Waals surface area (Å²) in [6.07, 6.45) is 0.906. The van der Waals surface area contributed by atoms with Gasteiger partial charge in [-0.2, -0.15) is 0 Å². The van der Waals surface area contributed by atoms with Crippen LogP contribution in [0, 0.1) is 5.92 Å². The van der Waals surface area contributed by atoms with Crippen molar-refractivity contribution in [3.63, 3.8) is 0 Å². The Hall–Kier alpha value is -1.29. The number of aliphatic imine (C=N–C) groups is 1. The average molecular weight is 452 g/mol. The van der Waals surface area contributed by atoms with Gasteiger partial charge in [-0.3, -0.25) is 4.79 Å². The van der Waals surface area contributed by atoms with Crippen molar-refractivity contribution in [1.82, 2.24) is 10.6 Å². The van der Waals surface area contributed by atoms with Gasteiger partial charge >= 0.3 is 0 Å². The highest BCUT2D eigenvalue weighted by atomic mass is 127. The summed E-state index contributed by atoms with van der Waals surface area (Å²) in [5, 5.41) is 6.39. The highest BCUT2D eigenvalue weighted by molar-refractivity contribution is 14.0. The van der Waals surface area contributed by atoms with E-state index in [9.17, 15) is 4.79 Å². The molecule has 0 bridgehead atoms. The van der Waals surface area contributed by atoms with E-state index in [0.29, 0.717) is 24.2 Å². The van der Waals surface area contributed by atoms with Crippen LogP contribution in [0.2, 0.25) is 0 Å². The molecule has 8 heteroatoms. The lowest BCUT2D eigenvalue weighted by Gasteiger charge is -2.11.